The van der Waals surface area contributed by atoms with Crippen LogP contribution in [0.2, 0.25) is 0 Å². The van der Waals surface area contributed by atoms with E-state index >= 15 is 0 Å². The summed E-state index contributed by atoms with van der Waals surface area (Å²) in [6.07, 6.45) is 0.330. The molecule has 1 atom stereocenters. The number of methoxy groups -OCH3 is 1. The van der Waals surface area contributed by atoms with Crippen LogP contribution in [0.3, 0.4) is 0 Å². The van der Waals surface area contributed by atoms with Gasteiger partial charge in [0.25, 0.3) is 0 Å². The number of carbonyl (C=O) groups excluding carboxylic acids is 2. The summed E-state index contributed by atoms with van der Waals surface area (Å²) in [4.78, 5) is 22.7. The zero-order chi connectivity index (χ0) is 24.8. The predicted molar refractivity (Wildman–Crippen MR) is 144 cm³/mol. The molecule has 0 saturated heterocycles. The van der Waals surface area contributed by atoms with Crippen LogP contribution < -0.4 is 0 Å². The minimum Gasteiger partial charge on any atom is -0.465 e. The van der Waals surface area contributed by atoms with Crippen LogP contribution in [0.4, 0.5) is 0 Å². The van der Waals surface area contributed by atoms with E-state index in [9.17, 15) is 9.59 Å². The normalized spacial score (nSPS) is 11.1. The minimum atomic E-state index is -0.177. The van der Waals surface area contributed by atoms with Crippen molar-refractivity contribution in [2.45, 2.75) is 26.2 Å². The SMILES string of the molecule is COCCSSCCOC(=O)Cc1cc[c-]cc1.[CH2-]C(=O)C(C)c1ccc2cc(C)ccc2c1.[Y]. The molecule has 0 heterocycles. The van der Waals surface area contributed by atoms with E-state index in [2.05, 4.69) is 50.2 Å². The zero-order valence-corrected chi connectivity index (χ0v) is 25.1. The summed E-state index contributed by atoms with van der Waals surface area (Å²) in [5.74, 6) is 1.43. The van der Waals surface area contributed by atoms with E-state index < -0.39 is 0 Å². The van der Waals surface area contributed by atoms with Gasteiger partial charge in [-0.1, -0.05) is 70.5 Å². The van der Waals surface area contributed by atoms with Crippen molar-refractivity contribution in [3.8, 4) is 0 Å². The molecule has 0 aliphatic carbocycles. The van der Waals surface area contributed by atoms with Crippen molar-refractivity contribution in [3.05, 3.63) is 90.3 Å². The Morgan fingerprint density at radius 3 is 2.26 bits per heavy atom. The van der Waals surface area contributed by atoms with Gasteiger partial charge in [0, 0.05) is 69.4 Å². The first-order valence-corrected chi connectivity index (χ1v) is 13.6. The second-order valence-electron chi connectivity index (χ2n) is 7.74. The zero-order valence-electron chi connectivity index (χ0n) is 20.6. The standard InChI is InChI=1S/C15H15O.C13H17O3S2.Y/c1-10-4-5-15-9-13(11(2)12(3)16)6-7-14(15)8-10;1-15-7-9-17-18-10-8-16-13(14)11-12-5-3-2-4-6-12;/h4-9,11H,3H2,1-2H3;3-6H,7-11H2,1H3;/q2*-1;. The summed E-state index contributed by atoms with van der Waals surface area (Å²) in [5.41, 5.74) is 3.25. The Labute approximate surface area is 242 Å². The van der Waals surface area contributed by atoms with E-state index in [0.717, 1.165) is 29.2 Å². The van der Waals surface area contributed by atoms with Crippen LogP contribution in [0, 0.1) is 19.9 Å². The van der Waals surface area contributed by atoms with Crippen LogP contribution in [0.15, 0.2) is 60.7 Å². The predicted octanol–water partition coefficient (Wildman–Crippen LogP) is 6.25. The van der Waals surface area contributed by atoms with Crippen molar-refractivity contribution in [1.29, 1.82) is 0 Å². The fraction of sp³-hybridized carbons (Fsp3) is 0.321. The molecule has 3 aromatic carbocycles. The fourth-order valence-electron chi connectivity index (χ4n) is 3.02. The Bertz CT molecular complexity index is 1040. The molecule has 0 spiro atoms. The molecule has 7 heteroatoms. The summed E-state index contributed by atoms with van der Waals surface area (Å²) >= 11 is 0. The number of ketones is 1. The molecule has 185 valence electrons. The van der Waals surface area contributed by atoms with E-state index in [1.165, 1.54) is 16.3 Å². The maximum absolute atomic E-state index is 11.5. The molecule has 0 amide bonds. The van der Waals surface area contributed by atoms with Crippen LogP contribution in [0.5, 0.6) is 0 Å². The Hall–Kier alpha value is -1.31. The second kappa shape index (κ2) is 18.0. The molecule has 3 rings (SSSR count). The maximum Gasteiger partial charge on any atom is 0.308 e. The van der Waals surface area contributed by atoms with Crippen molar-refractivity contribution >= 4 is 44.1 Å². The molecule has 1 radical (unpaired) electrons. The molecule has 4 nitrogen and oxygen atoms in total. The molecule has 0 aromatic heterocycles. The molecule has 0 aliphatic heterocycles. The molecule has 0 N–H and O–H groups in total. The van der Waals surface area contributed by atoms with Gasteiger partial charge >= 0.3 is 5.97 Å². The molecule has 0 aliphatic rings. The first-order valence-electron chi connectivity index (χ1n) is 11.1. The average Bonchev–Trinajstić information content (AvgIpc) is 2.83. The Balaban J connectivity index is 0.000000342. The number of fused-ring (bicyclic) bond motifs is 1. The quantitative estimate of drug-likeness (QED) is 0.115. The van der Waals surface area contributed by atoms with Gasteiger partial charge in [-0.3, -0.25) is 4.79 Å². The summed E-state index contributed by atoms with van der Waals surface area (Å²) < 4.78 is 10.1. The largest absolute Gasteiger partial charge is 0.465 e. The Morgan fingerprint density at radius 2 is 1.60 bits per heavy atom. The number of hydrogen-bond acceptors (Lipinski definition) is 6. The Morgan fingerprint density at radius 1 is 0.971 bits per heavy atom. The fourth-order valence-corrected chi connectivity index (χ4v) is 4.76. The van der Waals surface area contributed by atoms with Crippen molar-refractivity contribution in [2.24, 2.45) is 0 Å². The molecule has 0 saturated carbocycles. The van der Waals surface area contributed by atoms with Crippen molar-refractivity contribution < 1.29 is 51.8 Å². The number of hydrogen-bond donors (Lipinski definition) is 0. The van der Waals surface area contributed by atoms with Crippen LogP contribution in [-0.4, -0.2) is 43.6 Å². The van der Waals surface area contributed by atoms with Gasteiger partial charge in [0.1, 0.15) is 6.61 Å². The number of ether oxygens (including phenoxy) is 2. The third kappa shape index (κ3) is 12.5. The summed E-state index contributed by atoms with van der Waals surface area (Å²) in [6.45, 7) is 8.66. The minimum absolute atomic E-state index is 0. The Kier molecular flexibility index (Phi) is 16.3. The van der Waals surface area contributed by atoms with Crippen LogP contribution in [0.25, 0.3) is 10.8 Å². The number of esters is 1. The van der Waals surface area contributed by atoms with Crippen LogP contribution in [0.1, 0.15) is 29.5 Å². The van der Waals surface area contributed by atoms with Gasteiger partial charge in [-0.25, -0.2) is 0 Å². The molecule has 0 fully saturated rings. The average molecular weight is 586 g/mol. The summed E-state index contributed by atoms with van der Waals surface area (Å²) in [6, 6.07) is 22.7. The number of rotatable bonds is 11. The van der Waals surface area contributed by atoms with Gasteiger partial charge < -0.3 is 21.2 Å². The van der Waals surface area contributed by atoms with Gasteiger partial charge in [-0.15, -0.1) is 5.56 Å². The smallest absolute Gasteiger partial charge is 0.308 e. The van der Waals surface area contributed by atoms with Gasteiger partial charge in [0.05, 0.1) is 6.61 Å². The number of benzene rings is 3. The van der Waals surface area contributed by atoms with E-state index in [4.69, 9.17) is 9.47 Å². The number of Topliss-reactive ketones (excluding diaryl/α,β-unsaturated/α-hetero) is 1. The third-order valence-electron chi connectivity index (χ3n) is 5.02. The summed E-state index contributed by atoms with van der Waals surface area (Å²) in [7, 11) is 5.11. The van der Waals surface area contributed by atoms with E-state index in [1.807, 2.05) is 25.1 Å². The first kappa shape index (κ1) is 31.7. The van der Waals surface area contributed by atoms with Gasteiger partial charge in [0.2, 0.25) is 0 Å². The summed E-state index contributed by atoms with van der Waals surface area (Å²) in [5, 5.41) is 2.39. The molecule has 3 aromatic rings. The van der Waals surface area contributed by atoms with Crippen molar-refractivity contribution in [1.82, 2.24) is 0 Å². The molecule has 0 bridgehead atoms. The van der Waals surface area contributed by atoms with Gasteiger partial charge in [-0.2, -0.15) is 30.3 Å². The van der Waals surface area contributed by atoms with Crippen molar-refractivity contribution in [3.63, 3.8) is 0 Å². The van der Waals surface area contributed by atoms with Crippen molar-refractivity contribution in [2.75, 3.05) is 31.8 Å². The molecular formula is C28H32O4S2Y-2. The van der Waals surface area contributed by atoms with Crippen LogP contribution in [-0.2, 0) is 58.2 Å². The van der Waals surface area contributed by atoms with E-state index in [-0.39, 0.29) is 50.4 Å². The maximum atomic E-state index is 11.5. The van der Waals surface area contributed by atoms with E-state index in [1.54, 1.807) is 40.8 Å². The second-order valence-corrected chi connectivity index (χ2v) is 10.4. The molecule has 35 heavy (non-hydrogen) atoms. The van der Waals surface area contributed by atoms with Crippen LogP contribution >= 0.6 is 21.6 Å². The number of carbonyl (C=O) groups is 2. The number of aryl methyl sites for hydroxylation is 1. The van der Waals surface area contributed by atoms with Gasteiger partial charge in [-0.05, 0) is 23.3 Å². The third-order valence-corrected chi connectivity index (χ3v) is 7.36. The topological polar surface area (TPSA) is 52.6 Å². The molecular weight excluding hydrogens is 553 g/mol. The van der Waals surface area contributed by atoms with Gasteiger partial charge in [0.15, 0.2) is 0 Å². The monoisotopic (exact) mass is 585 g/mol. The molecule has 1 unspecified atom stereocenters. The first-order chi connectivity index (χ1) is 16.4. The van der Waals surface area contributed by atoms with E-state index in [0.29, 0.717) is 13.0 Å².